The van der Waals surface area contributed by atoms with Gasteiger partial charge < -0.3 is 4.74 Å². The molecule has 5 heteroatoms. The van der Waals surface area contributed by atoms with E-state index in [9.17, 15) is 19.2 Å². The largest absolute Gasteiger partial charge is 0.393 e. The Labute approximate surface area is 195 Å². The molecule has 1 heterocycles. The number of hydrogen-bond donors (Lipinski definition) is 0. The number of esters is 2. The molecule has 174 valence electrons. The molecule has 2 aromatic rings. The maximum atomic E-state index is 13.1. The third-order valence-electron chi connectivity index (χ3n) is 7.18. The summed E-state index contributed by atoms with van der Waals surface area (Å²) in [5.74, 6) is -5.72. The van der Waals surface area contributed by atoms with Gasteiger partial charge in [0.1, 0.15) is 11.6 Å². The summed E-state index contributed by atoms with van der Waals surface area (Å²) >= 11 is 0. The zero-order chi connectivity index (χ0) is 24.3. The third-order valence-corrected chi connectivity index (χ3v) is 7.18. The van der Waals surface area contributed by atoms with Crippen LogP contribution in [0.15, 0.2) is 60.7 Å². The SMILES string of the molecule is CCC(c1ccccc1)C1C(=O)OC(=O)C1C(C(C)=O)C(C(C)=O)C(C)(C)c1ccccc1. The van der Waals surface area contributed by atoms with Gasteiger partial charge in [0.25, 0.3) is 0 Å². The van der Waals surface area contributed by atoms with E-state index in [0.717, 1.165) is 11.1 Å². The van der Waals surface area contributed by atoms with Gasteiger partial charge in [0, 0.05) is 17.3 Å². The van der Waals surface area contributed by atoms with Gasteiger partial charge in [-0.2, -0.15) is 0 Å². The number of ketones is 2. The average molecular weight is 449 g/mol. The molecule has 0 radical (unpaired) electrons. The second-order valence-electron chi connectivity index (χ2n) is 9.53. The third kappa shape index (κ3) is 4.68. The lowest BCUT2D eigenvalue weighted by Gasteiger charge is -2.40. The number of carbonyl (C=O) groups is 4. The lowest BCUT2D eigenvalue weighted by atomic mass is 9.59. The molecule has 0 saturated carbocycles. The number of cyclic esters (lactones) is 2. The molecule has 1 saturated heterocycles. The van der Waals surface area contributed by atoms with Crippen LogP contribution in [-0.2, 0) is 29.3 Å². The van der Waals surface area contributed by atoms with Crippen molar-refractivity contribution < 1.29 is 23.9 Å². The van der Waals surface area contributed by atoms with Gasteiger partial charge in [-0.25, -0.2) is 0 Å². The molecule has 5 nitrogen and oxygen atoms in total. The van der Waals surface area contributed by atoms with Crippen molar-refractivity contribution in [2.24, 2.45) is 23.7 Å². The van der Waals surface area contributed by atoms with Gasteiger partial charge in [0.2, 0.25) is 0 Å². The number of hydrogen-bond acceptors (Lipinski definition) is 5. The fraction of sp³-hybridized carbons (Fsp3) is 0.429. The summed E-state index contributed by atoms with van der Waals surface area (Å²) in [6, 6.07) is 19.0. The normalized spacial score (nSPS) is 21.2. The van der Waals surface area contributed by atoms with E-state index in [-0.39, 0.29) is 17.5 Å². The molecule has 1 aliphatic rings. The van der Waals surface area contributed by atoms with Gasteiger partial charge in [-0.3, -0.25) is 19.2 Å². The highest BCUT2D eigenvalue weighted by molar-refractivity contribution is 6.01. The second kappa shape index (κ2) is 9.82. The molecule has 33 heavy (non-hydrogen) atoms. The van der Waals surface area contributed by atoms with Crippen LogP contribution >= 0.6 is 0 Å². The van der Waals surface area contributed by atoms with Crippen LogP contribution in [0.5, 0.6) is 0 Å². The van der Waals surface area contributed by atoms with E-state index < -0.39 is 41.0 Å². The number of benzene rings is 2. The molecule has 5 atom stereocenters. The second-order valence-corrected chi connectivity index (χ2v) is 9.53. The number of rotatable bonds is 9. The number of ether oxygens (including phenoxy) is 1. The van der Waals surface area contributed by atoms with Crippen molar-refractivity contribution in [2.45, 2.75) is 52.4 Å². The van der Waals surface area contributed by atoms with Gasteiger partial charge in [-0.1, -0.05) is 81.4 Å². The first-order chi connectivity index (χ1) is 15.6. The summed E-state index contributed by atoms with van der Waals surface area (Å²) in [7, 11) is 0. The summed E-state index contributed by atoms with van der Waals surface area (Å²) in [5, 5.41) is 0. The summed E-state index contributed by atoms with van der Waals surface area (Å²) in [4.78, 5) is 52.3. The van der Waals surface area contributed by atoms with Gasteiger partial charge in [0.05, 0.1) is 11.8 Å². The van der Waals surface area contributed by atoms with Crippen molar-refractivity contribution in [3.63, 3.8) is 0 Å². The van der Waals surface area contributed by atoms with Crippen LogP contribution in [-0.4, -0.2) is 23.5 Å². The molecular weight excluding hydrogens is 416 g/mol. The molecule has 0 bridgehead atoms. The lowest BCUT2D eigenvalue weighted by Crippen LogP contribution is -2.48. The summed E-state index contributed by atoms with van der Waals surface area (Å²) < 4.78 is 5.13. The van der Waals surface area contributed by atoms with Crippen molar-refractivity contribution in [1.82, 2.24) is 0 Å². The van der Waals surface area contributed by atoms with Crippen LogP contribution in [0.1, 0.15) is 58.1 Å². The Kier molecular flexibility index (Phi) is 7.31. The van der Waals surface area contributed by atoms with E-state index in [1.165, 1.54) is 13.8 Å². The Balaban J connectivity index is 2.14. The lowest BCUT2D eigenvalue weighted by molar-refractivity contribution is -0.155. The fourth-order valence-corrected chi connectivity index (χ4v) is 5.66. The van der Waals surface area contributed by atoms with Crippen molar-refractivity contribution in [1.29, 1.82) is 0 Å². The van der Waals surface area contributed by atoms with E-state index in [2.05, 4.69) is 0 Å². The zero-order valence-electron chi connectivity index (χ0n) is 19.9. The van der Waals surface area contributed by atoms with Crippen LogP contribution in [0.25, 0.3) is 0 Å². The molecule has 0 N–H and O–H groups in total. The van der Waals surface area contributed by atoms with Crippen molar-refractivity contribution >= 4 is 23.5 Å². The molecule has 1 aliphatic heterocycles. The monoisotopic (exact) mass is 448 g/mol. The highest BCUT2D eigenvalue weighted by atomic mass is 16.6. The van der Waals surface area contributed by atoms with Crippen LogP contribution in [0.2, 0.25) is 0 Å². The summed E-state index contributed by atoms with van der Waals surface area (Å²) in [6.45, 7) is 8.63. The van der Waals surface area contributed by atoms with E-state index >= 15 is 0 Å². The Morgan fingerprint density at radius 1 is 0.848 bits per heavy atom. The molecule has 0 aliphatic carbocycles. The first-order valence-corrected chi connectivity index (χ1v) is 11.5. The van der Waals surface area contributed by atoms with Crippen molar-refractivity contribution in [3.8, 4) is 0 Å². The quantitative estimate of drug-likeness (QED) is 0.403. The minimum atomic E-state index is -1.02. The minimum absolute atomic E-state index is 0.192. The predicted octanol–water partition coefficient (Wildman–Crippen LogP) is 4.88. The summed E-state index contributed by atoms with van der Waals surface area (Å²) in [6.07, 6.45) is 0.588. The van der Waals surface area contributed by atoms with E-state index in [4.69, 9.17) is 4.74 Å². The average Bonchev–Trinajstić information content (AvgIpc) is 3.06. The standard InChI is InChI=1S/C28H32O5/c1-6-21(19-13-9-7-10-14-19)23-24(27(32)33-26(23)31)22(17(2)29)25(18(3)30)28(4,5)20-15-11-8-12-16-20/h7-16,21-25H,6H2,1-5H3. The van der Waals surface area contributed by atoms with Crippen molar-refractivity contribution in [2.75, 3.05) is 0 Å². The fourth-order valence-electron chi connectivity index (χ4n) is 5.66. The Morgan fingerprint density at radius 3 is 1.85 bits per heavy atom. The smallest absolute Gasteiger partial charge is 0.318 e. The van der Waals surface area contributed by atoms with E-state index in [1.807, 2.05) is 81.4 Å². The van der Waals surface area contributed by atoms with Gasteiger partial charge in [0.15, 0.2) is 0 Å². The first-order valence-electron chi connectivity index (χ1n) is 11.5. The van der Waals surface area contributed by atoms with E-state index in [0.29, 0.717) is 6.42 Å². The highest BCUT2D eigenvalue weighted by Gasteiger charge is 2.57. The Hall–Kier alpha value is -3.08. The molecule has 3 rings (SSSR count). The maximum Gasteiger partial charge on any atom is 0.318 e. The van der Waals surface area contributed by atoms with Gasteiger partial charge in [-0.15, -0.1) is 0 Å². The molecular formula is C28H32O5. The van der Waals surface area contributed by atoms with Crippen LogP contribution < -0.4 is 0 Å². The number of carbonyl (C=O) groups excluding carboxylic acids is 4. The van der Waals surface area contributed by atoms with E-state index in [1.54, 1.807) is 0 Å². The first kappa shape index (κ1) is 24.6. The highest BCUT2D eigenvalue weighted by Crippen LogP contribution is 2.48. The Bertz CT molecular complexity index is 1020. The predicted molar refractivity (Wildman–Crippen MR) is 125 cm³/mol. The molecule has 0 aromatic heterocycles. The van der Waals surface area contributed by atoms with Crippen molar-refractivity contribution in [3.05, 3.63) is 71.8 Å². The molecule has 2 aromatic carbocycles. The maximum absolute atomic E-state index is 13.1. The topological polar surface area (TPSA) is 77.5 Å². The molecule has 5 unspecified atom stereocenters. The zero-order valence-corrected chi connectivity index (χ0v) is 19.9. The Morgan fingerprint density at radius 2 is 1.36 bits per heavy atom. The molecule has 1 fully saturated rings. The van der Waals surface area contributed by atoms with Crippen LogP contribution in [0.3, 0.4) is 0 Å². The molecule has 0 spiro atoms. The van der Waals surface area contributed by atoms with Crippen LogP contribution in [0.4, 0.5) is 0 Å². The van der Waals surface area contributed by atoms with Gasteiger partial charge >= 0.3 is 11.9 Å². The summed E-state index contributed by atoms with van der Waals surface area (Å²) in [5.41, 5.74) is 1.06. The van der Waals surface area contributed by atoms with Gasteiger partial charge in [-0.05, 0) is 37.3 Å². The van der Waals surface area contributed by atoms with Crippen LogP contribution in [0, 0.1) is 23.7 Å². The minimum Gasteiger partial charge on any atom is -0.393 e. The molecule has 0 amide bonds. The number of Topliss-reactive ketones (excluding diaryl/α,β-unsaturated/α-hetero) is 2.